The molecule has 3 N–H and O–H groups in total. The van der Waals surface area contributed by atoms with Crippen LogP contribution in [0, 0.1) is 5.92 Å². The van der Waals surface area contributed by atoms with Gasteiger partial charge in [0.15, 0.2) is 0 Å². The Bertz CT molecular complexity index is 1340. The molecule has 2 aromatic carbocycles. The number of ketones is 1. The van der Waals surface area contributed by atoms with Gasteiger partial charge in [-0.3, -0.25) is 9.59 Å². The molecule has 0 bridgehead atoms. The van der Waals surface area contributed by atoms with Gasteiger partial charge in [-0.25, -0.2) is 0 Å². The second-order valence-electron chi connectivity index (χ2n) is 9.74. The third kappa shape index (κ3) is 4.87. The van der Waals surface area contributed by atoms with E-state index in [4.69, 9.17) is 9.63 Å². The Morgan fingerprint density at radius 2 is 1.71 bits per heavy atom. The third-order valence-electron chi connectivity index (χ3n) is 7.42. The number of benzene rings is 2. The van der Waals surface area contributed by atoms with Crippen LogP contribution >= 0.6 is 0 Å². The highest BCUT2D eigenvalue weighted by atomic mass is 16.5. The number of allylic oxidation sites excluding steroid dienone is 1. The van der Waals surface area contributed by atoms with Crippen molar-refractivity contribution in [3.63, 3.8) is 0 Å². The lowest BCUT2D eigenvalue weighted by Gasteiger charge is -2.35. The van der Waals surface area contributed by atoms with Crippen molar-refractivity contribution in [1.29, 1.82) is 0 Å². The summed E-state index contributed by atoms with van der Waals surface area (Å²) in [4.78, 5) is 27.8. The summed E-state index contributed by atoms with van der Waals surface area (Å²) in [5, 5.41) is 27.0. The molecule has 1 aliphatic heterocycles. The standard InChI is InChI=1S/C30H31N3O5/c1-19-28(35)26(29(36)22-7-9-23(10-8-22)30(37)31-16-17-34)27(21-5-3-2-4-6-21)33(19)24-13-11-20(12-14-24)25-15-18-38-32-25/h7-15,18,21,27,34,36H,1-6,16-17H2,(H,31,37)/b29-26-. The summed E-state index contributed by atoms with van der Waals surface area (Å²) < 4.78 is 4.96. The highest BCUT2D eigenvalue weighted by molar-refractivity contribution is 6.18. The van der Waals surface area contributed by atoms with E-state index in [-0.39, 0.29) is 42.6 Å². The molecule has 5 rings (SSSR count). The normalized spacial score (nSPS) is 19.6. The summed E-state index contributed by atoms with van der Waals surface area (Å²) in [6.45, 7) is 4.14. The van der Waals surface area contributed by atoms with E-state index in [2.05, 4.69) is 17.1 Å². The van der Waals surface area contributed by atoms with E-state index >= 15 is 0 Å². The number of aliphatic hydroxyl groups excluding tert-OH is 2. The quantitative estimate of drug-likeness (QED) is 0.304. The van der Waals surface area contributed by atoms with Gasteiger partial charge in [0.2, 0.25) is 5.78 Å². The zero-order chi connectivity index (χ0) is 26.6. The molecule has 1 unspecified atom stereocenters. The number of anilines is 1. The average molecular weight is 514 g/mol. The Morgan fingerprint density at radius 1 is 1.03 bits per heavy atom. The average Bonchev–Trinajstić information content (AvgIpc) is 3.59. The molecule has 2 fully saturated rings. The minimum atomic E-state index is -0.347. The van der Waals surface area contributed by atoms with E-state index in [0.29, 0.717) is 22.4 Å². The van der Waals surface area contributed by atoms with Crippen molar-refractivity contribution in [1.82, 2.24) is 10.5 Å². The lowest BCUT2D eigenvalue weighted by Crippen LogP contribution is -2.37. The Morgan fingerprint density at radius 3 is 2.34 bits per heavy atom. The largest absolute Gasteiger partial charge is 0.507 e. The minimum absolute atomic E-state index is 0.0873. The van der Waals surface area contributed by atoms with Crippen molar-refractivity contribution in [2.75, 3.05) is 18.1 Å². The molecule has 1 saturated carbocycles. The van der Waals surface area contributed by atoms with E-state index in [0.717, 1.165) is 49.0 Å². The summed E-state index contributed by atoms with van der Waals surface area (Å²) in [7, 11) is 0. The molecular weight excluding hydrogens is 482 g/mol. The molecule has 1 amide bonds. The maximum Gasteiger partial charge on any atom is 0.251 e. The number of amides is 1. The van der Waals surface area contributed by atoms with Crippen molar-refractivity contribution in [3.8, 4) is 11.3 Å². The van der Waals surface area contributed by atoms with Crippen LogP contribution in [0.3, 0.4) is 0 Å². The number of Topliss-reactive ketones (excluding diaryl/α,β-unsaturated/α-hetero) is 1. The van der Waals surface area contributed by atoms with Crippen LogP contribution in [0.15, 0.2) is 83.2 Å². The molecule has 3 aromatic rings. The number of aromatic nitrogens is 1. The van der Waals surface area contributed by atoms with Crippen LogP contribution in [0.5, 0.6) is 0 Å². The molecule has 2 aliphatic rings. The number of aliphatic hydroxyl groups is 2. The molecule has 0 spiro atoms. The molecule has 1 aliphatic carbocycles. The number of carbonyl (C=O) groups excluding carboxylic acids is 2. The number of nitrogens with zero attached hydrogens (tertiary/aromatic N) is 2. The first-order valence-electron chi connectivity index (χ1n) is 13.0. The first kappa shape index (κ1) is 25.5. The fourth-order valence-electron chi connectivity index (χ4n) is 5.52. The van der Waals surface area contributed by atoms with Gasteiger partial charge >= 0.3 is 0 Å². The maximum absolute atomic E-state index is 13.6. The van der Waals surface area contributed by atoms with Crippen molar-refractivity contribution < 1.29 is 24.3 Å². The maximum atomic E-state index is 13.6. The van der Waals surface area contributed by atoms with Crippen molar-refractivity contribution in [3.05, 3.63) is 89.8 Å². The van der Waals surface area contributed by atoms with Gasteiger partial charge in [0.25, 0.3) is 5.91 Å². The second kappa shape index (κ2) is 11.1. The van der Waals surface area contributed by atoms with Crippen LogP contribution in [-0.2, 0) is 4.79 Å². The summed E-state index contributed by atoms with van der Waals surface area (Å²) in [5.41, 5.74) is 3.99. The highest BCUT2D eigenvalue weighted by Crippen LogP contribution is 2.44. The lowest BCUT2D eigenvalue weighted by atomic mass is 9.80. The van der Waals surface area contributed by atoms with E-state index in [9.17, 15) is 14.7 Å². The first-order valence-corrected chi connectivity index (χ1v) is 13.0. The monoisotopic (exact) mass is 513 g/mol. The van der Waals surface area contributed by atoms with Crippen LogP contribution in [-0.4, -0.2) is 46.3 Å². The van der Waals surface area contributed by atoms with Gasteiger partial charge in [-0.2, -0.15) is 0 Å². The van der Waals surface area contributed by atoms with Gasteiger partial charge in [-0.1, -0.05) is 55.3 Å². The van der Waals surface area contributed by atoms with Crippen LogP contribution in [0.4, 0.5) is 5.69 Å². The summed E-state index contributed by atoms with van der Waals surface area (Å²) >= 11 is 0. The Balaban J connectivity index is 1.52. The van der Waals surface area contributed by atoms with Crippen LogP contribution in [0.2, 0.25) is 0 Å². The van der Waals surface area contributed by atoms with Crippen LogP contribution in [0.1, 0.15) is 48.0 Å². The second-order valence-corrected chi connectivity index (χ2v) is 9.74. The van der Waals surface area contributed by atoms with Gasteiger partial charge < -0.3 is 25.0 Å². The van der Waals surface area contributed by atoms with E-state index in [1.165, 1.54) is 6.26 Å². The van der Waals surface area contributed by atoms with Crippen molar-refractivity contribution in [2.24, 2.45) is 5.92 Å². The predicted octanol–water partition coefficient (Wildman–Crippen LogP) is 4.88. The fourth-order valence-corrected chi connectivity index (χ4v) is 5.52. The van der Waals surface area contributed by atoms with E-state index in [1.54, 1.807) is 30.3 Å². The summed E-state index contributed by atoms with van der Waals surface area (Å²) in [5.74, 6) is -0.495. The van der Waals surface area contributed by atoms with Gasteiger partial charge in [0.1, 0.15) is 17.7 Å². The molecule has 1 aromatic heterocycles. The number of hydrogen-bond acceptors (Lipinski definition) is 7. The van der Waals surface area contributed by atoms with Crippen LogP contribution < -0.4 is 10.2 Å². The minimum Gasteiger partial charge on any atom is -0.507 e. The molecule has 1 saturated heterocycles. The number of carbonyl (C=O) groups is 2. The van der Waals surface area contributed by atoms with Gasteiger partial charge in [-0.05, 0) is 43.0 Å². The third-order valence-corrected chi connectivity index (χ3v) is 7.42. The number of nitrogens with one attached hydrogen (secondary N) is 1. The number of hydrogen-bond donors (Lipinski definition) is 3. The molecule has 196 valence electrons. The smallest absolute Gasteiger partial charge is 0.251 e. The zero-order valence-electron chi connectivity index (χ0n) is 21.1. The van der Waals surface area contributed by atoms with Crippen molar-refractivity contribution >= 4 is 23.1 Å². The molecule has 0 radical (unpaired) electrons. The van der Waals surface area contributed by atoms with Crippen molar-refractivity contribution in [2.45, 2.75) is 38.1 Å². The highest BCUT2D eigenvalue weighted by Gasteiger charge is 2.46. The SMILES string of the molecule is C=C1C(=O)/C(=C(\O)c2ccc(C(=O)NCCO)cc2)C(C2CCCCC2)N1c1ccc(-c2ccon2)cc1. The Hall–Kier alpha value is -4.17. The fraction of sp³-hybridized carbons (Fsp3) is 0.300. The first-order chi connectivity index (χ1) is 18.5. The number of rotatable bonds is 7. The summed E-state index contributed by atoms with van der Waals surface area (Å²) in [6.07, 6.45) is 6.75. The molecule has 8 heteroatoms. The topological polar surface area (TPSA) is 116 Å². The van der Waals surface area contributed by atoms with E-state index in [1.807, 2.05) is 29.2 Å². The summed E-state index contributed by atoms with van der Waals surface area (Å²) in [6, 6.07) is 15.7. The molecular formula is C30H31N3O5. The molecule has 38 heavy (non-hydrogen) atoms. The predicted molar refractivity (Wildman–Crippen MR) is 144 cm³/mol. The van der Waals surface area contributed by atoms with Gasteiger partial charge in [-0.15, -0.1) is 0 Å². The van der Waals surface area contributed by atoms with Gasteiger partial charge in [0, 0.05) is 35.0 Å². The van der Waals surface area contributed by atoms with Crippen LogP contribution in [0.25, 0.3) is 17.0 Å². The molecule has 8 nitrogen and oxygen atoms in total. The Kier molecular flexibility index (Phi) is 7.42. The van der Waals surface area contributed by atoms with E-state index < -0.39 is 0 Å². The molecule has 2 heterocycles. The zero-order valence-corrected chi connectivity index (χ0v) is 21.1. The molecule has 1 atom stereocenters. The lowest BCUT2D eigenvalue weighted by molar-refractivity contribution is -0.111. The van der Waals surface area contributed by atoms with Gasteiger partial charge in [0.05, 0.1) is 23.9 Å². The Labute approximate surface area is 221 Å².